The van der Waals surface area contributed by atoms with Crippen LogP contribution in [0.15, 0.2) is 54.7 Å². The molecule has 1 aliphatic rings. The van der Waals surface area contributed by atoms with Crippen LogP contribution in [0.25, 0.3) is 10.8 Å². The number of nitrogens with zero attached hydrogens (tertiary/aromatic N) is 3. The summed E-state index contributed by atoms with van der Waals surface area (Å²) < 4.78 is 2.01. The van der Waals surface area contributed by atoms with Crippen molar-refractivity contribution in [2.24, 2.45) is 5.92 Å². The number of benzene rings is 2. The van der Waals surface area contributed by atoms with Crippen molar-refractivity contribution in [3.05, 3.63) is 60.3 Å². The van der Waals surface area contributed by atoms with Crippen LogP contribution in [-0.2, 0) is 11.3 Å². The van der Waals surface area contributed by atoms with Crippen LogP contribution in [0.1, 0.15) is 44.7 Å². The Morgan fingerprint density at radius 1 is 1.10 bits per heavy atom. The SMILES string of the molecule is CC(C)CC(=O)Nc1ccnn1C1CCN(Cc2cccc3ccccc23)CC1. The smallest absolute Gasteiger partial charge is 0.225 e. The predicted molar refractivity (Wildman–Crippen MR) is 118 cm³/mol. The second-order valence-electron chi connectivity index (χ2n) is 8.45. The molecular formula is C24H30N4O. The summed E-state index contributed by atoms with van der Waals surface area (Å²) >= 11 is 0. The van der Waals surface area contributed by atoms with Crippen LogP contribution >= 0.6 is 0 Å². The van der Waals surface area contributed by atoms with E-state index < -0.39 is 0 Å². The average Bonchev–Trinajstić information content (AvgIpc) is 3.16. The van der Waals surface area contributed by atoms with Crippen molar-refractivity contribution in [1.82, 2.24) is 14.7 Å². The van der Waals surface area contributed by atoms with Gasteiger partial charge in [0.25, 0.3) is 0 Å². The monoisotopic (exact) mass is 390 g/mol. The van der Waals surface area contributed by atoms with Crippen molar-refractivity contribution in [3.8, 4) is 0 Å². The quantitative estimate of drug-likeness (QED) is 0.654. The molecule has 0 radical (unpaired) electrons. The molecule has 0 aliphatic carbocycles. The van der Waals surface area contributed by atoms with E-state index in [0.717, 1.165) is 38.3 Å². The maximum atomic E-state index is 12.2. The fourth-order valence-electron chi connectivity index (χ4n) is 4.26. The van der Waals surface area contributed by atoms with Crippen molar-refractivity contribution >= 4 is 22.5 Å². The molecule has 2 aromatic carbocycles. The predicted octanol–water partition coefficient (Wildman–Crippen LogP) is 4.86. The lowest BCUT2D eigenvalue weighted by atomic mass is 10.0. The molecule has 5 heteroatoms. The van der Waals surface area contributed by atoms with E-state index in [9.17, 15) is 4.79 Å². The van der Waals surface area contributed by atoms with Crippen molar-refractivity contribution in [2.45, 2.75) is 45.7 Å². The van der Waals surface area contributed by atoms with E-state index in [1.165, 1.54) is 16.3 Å². The first-order chi connectivity index (χ1) is 14.1. The maximum absolute atomic E-state index is 12.2. The molecule has 29 heavy (non-hydrogen) atoms. The van der Waals surface area contributed by atoms with Crippen molar-refractivity contribution in [2.75, 3.05) is 18.4 Å². The Kier molecular flexibility index (Phi) is 5.95. The minimum absolute atomic E-state index is 0.0649. The molecule has 1 saturated heterocycles. The van der Waals surface area contributed by atoms with Crippen molar-refractivity contribution < 1.29 is 4.79 Å². The van der Waals surface area contributed by atoms with E-state index >= 15 is 0 Å². The Balaban J connectivity index is 1.38. The molecule has 0 saturated carbocycles. The van der Waals surface area contributed by atoms with Gasteiger partial charge in [-0.3, -0.25) is 9.69 Å². The minimum Gasteiger partial charge on any atom is -0.311 e. The first kappa shape index (κ1) is 19.6. The number of rotatable bonds is 6. The van der Waals surface area contributed by atoms with Gasteiger partial charge in [0.05, 0.1) is 12.2 Å². The van der Waals surface area contributed by atoms with E-state index in [0.29, 0.717) is 18.4 Å². The Hall–Kier alpha value is -2.66. The zero-order chi connectivity index (χ0) is 20.2. The van der Waals surface area contributed by atoms with Gasteiger partial charge in [0.1, 0.15) is 5.82 Å². The normalized spacial score (nSPS) is 15.8. The lowest BCUT2D eigenvalue weighted by molar-refractivity contribution is -0.116. The largest absolute Gasteiger partial charge is 0.311 e. The molecule has 1 aliphatic heterocycles. The lowest BCUT2D eigenvalue weighted by Crippen LogP contribution is -2.35. The summed E-state index contributed by atoms with van der Waals surface area (Å²) in [6.45, 7) is 7.16. The topological polar surface area (TPSA) is 50.2 Å². The number of hydrogen-bond acceptors (Lipinski definition) is 3. The molecule has 0 atom stereocenters. The molecule has 0 bridgehead atoms. The van der Waals surface area contributed by atoms with E-state index in [-0.39, 0.29) is 5.91 Å². The number of piperidine rings is 1. The molecule has 1 amide bonds. The molecule has 1 N–H and O–H groups in total. The van der Waals surface area contributed by atoms with Crippen LogP contribution in [0.4, 0.5) is 5.82 Å². The summed E-state index contributed by atoms with van der Waals surface area (Å²) in [6, 6.07) is 17.4. The number of likely N-dealkylation sites (tertiary alicyclic amines) is 1. The third-order valence-corrected chi connectivity index (χ3v) is 5.71. The van der Waals surface area contributed by atoms with Gasteiger partial charge in [0, 0.05) is 32.1 Å². The molecule has 0 unspecified atom stereocenters. The fourth-order valence-corrected chi connectivity index (χ4v) is 4.26. The van der Waals surface area contributed by atoms with Crippen molar-refractivity contribution in [3.63, 3.8) is 0 Å². The number of carbonyl (C=O) groups is 1. The highest BCUT2D eigenvalue weighted by molar-refractivity contribution is 5.90. The van der Waals surface area contributed by atoms with Gasteiger partial charge in [-0.1, -0.05) is 56.3 Å². The van der Waals surface area contributed by atoms with Crippen molar-refractivity contribution in [1.29, 1.82) is 0 Å². The Morgan fingerprint density at radius 2 is 1.86 bits per heavy atom. The van der Waals surface area contributed by atoms with E-state index in [2.05, 4.69) is 71.6 Å². The lowest BCUT2D eigenvalue weighted by Gasteiger charge is -2.33. The molecule has 5 nitrogen and oxygen atoms in total. The Morgan fingerprint density at radius 3 is 2.66 bits per heavy atom. The highest BCUT2D eigenvalue weighted by atomic mass is 16.1. The van der Waals surface area contributed by atoms with Crippen LogP contribution in [-0.4, -0.2) is 33.7 Å². The first-order valence-electron chi connectivity index (χ1n) is 10.6. The average molecular weight is 391 g/mol. The van der Waals surface area contributed by atoms with E-state index in [4.69, 9.17) is 0 Å². The number of amides is 1. The van der Waals surface area contributed by atoms with Gasteiger partial charge < -0.3 is 5.32 Å². The molecule has 3 aromatic rings. The van der Waals surface area contributed by atoms with Crippen LogP contribution in [0, 0.1) is 5.92 Å². The number of anilines is 1. The van der Waals surface area contributed by atoms with Gasteiger partial charge in [-0.05, 0) is 35.1 Å². The number of carbonyl (C=O) groups excluding carboxylic acids is 1. The number of aromatic nitrogens is 2. The third kappa shape index (κ3) is 4.67. The van der Waals surface area contributed by atoms with Crippen LogP contribution < -0.4 is 5.32 Å². The summed E-state index contributed by atoms with van der Waals surface area (Å²) in [7, 11) is 0. The molecule has 2 heterocycles. The highest BCUT2D eigenvalue weighted by Gasteiger charge is 2.23. The van der Waals surface area contributed by atoms with Gasteiger partial charge in [-0.25, -0.2) is 4.68 Å². The van der Waals surface area contributed by atoms with Crippen LogP contribution in [0.2, 0.25) is 0 Å². The molecule has 4 rings (SSSR count). The van der Waals surface area contributed by atoms with Gasteiger partial charge in [0.2, 0.25) is 5.91 Å². The summed E-state index contributed by atoms with van der Waals surface area (Å²) in [6.07, 6.45) is 4.40. The molecule has 1 aromatic heterocycles. The maximum Gasteiger partial charge on any atom is 0.225 e. The standard InChI is InChI=1S/C24H30N4O/c1-18(2)16-24(29)26-23-10-13-25-28(23)21-11-14-27(15-12-21)17-20-8-5-7-19-6-3-4-9-22(19)20/h3-10,13,18,21H,11-12,14-17H2,1-2H3,(H,26,29). The van der Waals surface area contributed by atoms with Crippen LogP contribution in [0.5, 0.6) is 0 Å². The van der Waals surface area contributed by atoms with Gasteiger partial charge >= 0.3 is 0 Å². The van der Waals surface area contributed by atoms with E-state index in [1.807, 2.05) is 10.7 Å². The van der Waals surface area contributed by atoms with Gasteiger partial charge in [-0.2, -0.15) is 5.10 Å². The van der Waals surface area contributed by atoms with Crippen LogP contribution in [0.3, 0.4) is 0 Å². The summed E-state index contributed by atoms with van der Waals surface area (Å²) in [5, 5.41) is 10.2. The summed E-state index contributed by atoms with van der Waals surface area (Å²) in [4.78, 5) is 14.7. The second-order valence-corrected chi connectivity index (χ2v) is 8.45. The molecule has 1 fully saturated rings. The van der Waals surface area contributed by atoms with Gasteiger partial charge in [0.15, 0.2) is 0 Å². The van der Waals surface area contributed by atoms with E-state index in [1.54, 1.807) is 6.20 Å². The number of hydrogen-bond donors (Lipinski definition) is 1. The highest BCUT2D eigenvalue weighted by Crippen LogP contribution is 2.27. The zero-order valence-electron chi connectivity index (χ0n) is 17.3. The number of fused-ring (bicyclic) bond motifs is 1. The molecule has 0 spiro atoms. The third-order valence-electron chi connectivity index (χ3n) is 5.71. The second kappa shape index (κ2) is 8.78. The van der Waals surface area contributed by atoms with Gasteiger partial charge in [-0.15, -0.1) is 0 Å². The zero-order valence-corrected chi connectivity index (χ0v) is 17.3. The molecular weight excluding hydrogens is 360 g/mol. The number of nitrogens with one attached hydrogen (secondary N) is 1. The Bertz CT molecular complexity index is 964. The molecule has 152 valence electrons. The Labute approximate surface area is 172 Å². The first-order valence-corrected chi connectivity index (χ1v) is 10.6. The summed E-state index contributed by atoms with van der Waals surface area (Å²) in [5.74, 6) is 1.24. The summed E-state index contributed by atoms with van der Waals surface area (Å²) in [5.41, 5.74) is 1.39. The minimum atomic E-state index is 0.0649. The fraction of sp³-hybridized carbons (Fsp3) is 0.417.